The molecule has 1 aliphatic rings. The lowest BCUT2D eigenvalue weighted by Crippen LogP contribution is -2.11. The fourth-order valence-corrected chi connectivity index (χ4v) is 3.69. The summed E-state index contributed by atoms with van der Waals surface area (Å²) >= 11 is 0. The average Bonchev–Trinajstić information content (AvgIpc) is 2.74. The van der Waals surface area contributed by atoms with Crippen LogP contribution >= 0.6 is 0 Å². The quantitative estimate of drug-likeness (QED) is 0.613. The fourth-order valence-electron chi connectivity index (χ4n) is 2.69. The normalized spacial score (nSPS) is 14.2. The Morgan fingerprint density at radius 2 is 1.50 bits per heavy atom. The van der Waals surface area contributed by atoms with Crippen LogP contribution in [-0.4, -0.2) is 27.1 Å². The molecule has 92 valence electrons. The number of rotatable bonds is 4. The van der Waals surface area contributed by atoms with E-state index in [2.05, 4.69) is 48.5 Å². The second kappa shape index (κ2) is 5.20. The lowest BCUT2D eigenvalue weighted by molar-refractivity contribution is 0.284. The SMILES string of the molecule is [SiH3]O[SiH2]OCC1c2ccccc2-c2ccccc21. The molecule has 0 aromatic heterocycles. The van der Waals surface area contributed by atoms with Crippen molar-refractivity contribution in [1.82, 2.24) is 0 Å². The predicted molar refractivity (Wildman–Crippen MR) is 79.2 cm³/mol. The van der Waals surface area contributed by atoms with Crippen molar-refractivity contribution in [2.24, 2.45) is 0 Å². The van der Waals surface area contributed by atoms with Crippen molar-refractivity contribution in [1.29, 1.82) is 0 Å². The molecule has 2 nitrogen and oxygen atoms in total. The van der Waals surface area contributed by atoms with Gasteiger partial charge in [0.05, 0.1) is 0 Å². The molecule has 0 heterocycles. The monoisotopic (exact) mass is 272 g/mol. The van der Waals surface area contributed by atoms with Gasteiger partial charge in [-0.05, 0) is 22.3 Å². The van der Waals surface area contributed by atoms with Gasteiger partial charge < -0.3 is 8.54 Å². The van der Waals surface area contributed by atoms with Gasteiger partial charge >= 0.3 is 0 Å². The van der Waals surface area contributed by atoms with Gasteiger partial charge in [0.25, 0.3) is 10.0 Å². The van der Waals surface area contributed by atoms with E-state index in [1.807, 2.05) is 0 Å². The van der Waals surface area contributed by atoms with E-state index in [0.717, 1.165) is 17.1 Å². The molecule has 2 aromatic rings. The highest BCUT2D eigenvalue weighted by Gasteiger charge is 2.27. The maximum atomic E-state index is 5.73. The van der Waals surface area contributed by atoms with Gasteiger partial charge in [-0.3, -0.25) is 0 Å². The van der Waals surface area contributed by atoms with Crippen molar-refractivity contribution in [3.63, 3.8) is 0 Å². The Morgan fingerprint density at radius 3 is 2.06 bits per heavy atom. The minimum absolute atomic E-state index is 0.377. The van der Waals surface area contributed by atoms with Gasteiger partial charge in [-0.2, -0.15) is 0 Å². The minimum atomic E-state index is -0.751. The average molecular weight is 272 g/mol. The Kier molecular flexibility index (Phi) is 3.42. The number of benzene rings is 2. The third kappa shape index (κ3) is 1.97. The molecule has 0 fully saturated rings. The van der Waals surface area contributed by atoms with E-state index in [1.165, 1.54) is 22.3 Å². The maximum Gasteiger partial charge on any atom is 0.293 e. The van der Waals surface area contributed by atoms with Crippen molar-refractivity contribution in [3.05, 3.63) is 59.7 Å². The van der Waals surface area contributed by atoms with Gasteiger partial charge in [0, 0.05) is 12.5 Å². The van der Waals surface area contributed by atoms with E-state index in [9.17, 15) is 0 Å². The third-order valence-corrected chi connectivity index (χ3v) is 4.79. The van der Waals surface area contributed by atoms with Crippen LogP contribution in [0.2, 0.25) is 0 Å². The Morgan fingerprint density at radius 1 is 0.944 bits per heavy atom. The highest BCUT2D eigenvalue weighted by molar-refractivity contribution is 6.27. The summed E-state index contributed by atoms with van der Waals surface area (Å²) in [5.74, 6) is 0.377. The molecule has 0 aliphatic heterocycles. The van der Waals surface area contributed by atoms with Crippen molar-refractivity contribution < 1.29 is 8.54 Å². The van der Waals surface area contributed by atoms with Crippen LogP contribution in [0.25, 0.3) is 11.1 Å². The van der Waals surface area contributed by atoms with Gasteiger partial charge in [0.2, 0.25) is 0 Å². The summed E-state index contributed by atoms with van der Waals surface area (Å²) in [6.45, 7) is 0.752. The second-order valence-electron chi connectivity index (χ2n) is 4.50. The fraction of sp³-hybridized carbons (Fsp3) is 0.143. The summed E-state index contributed by atoms with van der Waals surface area (Å²) < 4.78 is 11.0. The molecular formula is C14H16O2Si2. The molecule has 2 aromatic carbocycles. The Balaban J connectivity index is 1.98. The first-order valence-electron chi connectivity index (χ1n) is 6.16. The summed E-state index contributed by atoms with van der Waals surface area (Å²) in [6.07, 6.45) is 0. The first-order valence-corrected chi connectivity index (χ1v) is 8.14. The minimum Gasteiger partial charge on any atom is -0.449 e. The van der Waals surface area contributed by atoms with Crippen LogP contribution in [0.3, 0.4) is 0 Å². The van der Waals surface area contributed by atoms with Crippen molar-refractivity contribution in [2.75, 3.05) is 6.61 Å². The molecule has 0 atom stereocenters. The summed E-state index contributed by atoms with van der Waals surface area (Å²) in [7, 11) is 0.0360. The molecule has 3 rings (SSSR count). The van der Waals surface area contributed by atoms with E-state index < -0.39 is 10.0 Å². The zero-order valence-corrected chi connectivity index (χ0v) is 13.8. The molecular weight excluding hydrogens is 256 g/mol. The maximum absolute atomic E-state index is 5.73. The molecule has 4 heteroatoms. The van der Waals surface area contributed by atoms with Crippen molar-refractivity contribution in [3.8, 4) is 11.1 Å². The molecule has 0 spiro atoms. The third-order valence-electron chi connectivity index (χ3n) is 3.45. The molecule has 0 saturated heterocycles. The van der Waals surface area contributed by atoms with Gasteiger partial charge in [-0.15, -0.1) is 0 Å². The Labute approximate surface area is 113 Å². The first kappa shape index (κ1) is 11.9. The lowest BCUT2D eigenvalue weighted by Gasteiger charge is -2.13. The van der Waals surface area contributed by atoms with Gasteiger partial charge in [-0.25, -0.2) is 0 Å². The summed E-state index contributed by atoms with van der Waals surface area (Å²) in [6, 6.07) is 17.3. The van der Waals surface area contributed by atoms with Gasteiger partial charge in [0.1, 0.15) is 10.5 Å². The van der Waals surface area contributed by atoms with Crippen LogP contribution in [0, 0.1) is 0 Å². The number of fused-ring (bicyclic) bond motifs is 3. The standard InChI is InChI=1S/C14H16O2Si2/c17-16-18-15-9-14-12-7-3-1-5-10(12)11-6-2-4-8-13(11)14/h1-8,14H,9,18H2,17H3. The predicted octanol–water partition coefficient (Wildman–Crippen LogP) is 1.11. The summed E-state index contributed by atoms with van der Waals surface area (Å²) in [4.78, 5) is 0. The van der Waals surface area contributed by atoms with Crippen LogP contribution < -0.4 is 0 Å². The Hall–Kier alpha value is -1.21. The molecule has 0 bridgehead atoms. The highest BCUT2D eigenvalue weighted by atomic mass is 28.3. The van der Waals surface area contributed by atoms with Gasteiger partial charge in [-0.1, -0.05) is 48.5 Å². The van der Waals surface area contributed by atoms with Crippen molar-refractivity contribution in [2.45, 2.75) is 5.92 Å². The summed E-state index contributed by atoms with van der Waals surface area (Å²) in [5.41, 5.74) is 5.49. The molecule has 0 amide bonds. The zero-order chi connectivity index (χ0) is 12.4. The van der Waals surface area contributed by atoms with Crippen molar-refractivity contribution >= 4 is 20.5 Å². The zero-order valence-electron chi connectivity index (χ0n) is 10.4. The number of hydrogen-bond donors (Lipinski definition) is 0. The van der Waals surface area contributed by atoms with Gasteiger partial charge in [0.15, 0.2) is 0 Å². The number of hydrogen-bond acceptors (Lipinski definition) is 2. The largest absolute Gasteiger partial charge is 0.449 e. The molecule has 18 heavy (non-hydrogen) atoms. The van der Waals surface area contributed by atoms with Crippen LogP contribution in [0.15, 0.2) is 48.5 Å². The smallest absolute Gasteiger partial charge is 0.293 e. The van der Waals surface area contributed by atoms with E-state index in [-0.39, 0.29) is 0 Å². The summed E-state index contributed by atoms with van der Waals surface area (Å²) in [5, 5.41) is 0. The van der Waals surface area contributed by atoms with Crippen LogP contribution in [0.5, 0.6) is 0 Å². The first-order chi connectivity index (χ1) is 8.92. The van der Waals surface area contributed by atoms with E-state index in [1.54, 1.807) is 0 Å². The van der Waals surface area contributed by atoms with E-state index >= 15 is 0 Å². The molecule has 0 N–H and O–H groups in total. The molecule has 0 radical (unpaired) electrons. The Bertz CT molecular complexity index is 511. The topological polar surface area (TPSA) is 18.5 Å². The van der Waals surface area contributed by atoms with E-state index in [4.69, 9.17) is 8.54 Å². The van der Waals surface area contributed by atoms with Crippen LogP contribution in [0.4, 0.5) is 0 Å². The lowest BCUT2D eigenvalue weighted by atomic mass is 9.98. The van der Waals surface area contributed by atoms with Crippen LogP contribution in [0.1, 0.15) is 17.0 Å². The second-order valence-corrected chi connectivity index (χ2v) is 7.46. The molecule has 0 unspecified atom stereocenters. The van der Waals surface area contributed by atoms with Crippen LogP contribution in [-0.2, 0) is 8.54 Å². The molecule has 1 aliphatic carbocycles. The highest BCUT2D eigenvalue weighted by Crippen LogP contribution is 2.44. The van der Waals surface area contributed by atoms with E-state index in [0.29, 0.717) is 5.92 Å². The molecule has 0 saturated carbocycles.